The Hall–Kier alpha value is -3.49. The van der Waals surface area contributed by atoms with Crippen LogP contribution >= 0.6 is 0 Å². The number of hydrogen-bond donors (Lipinski definition) is 0. The van der Waals surface area contributed by atoms with Crippen LogP contribution in [0.5, 0.6) is 0 Å². The van der Waals surface area contributed by atoms with E-state index < -0.39 is 16.0 Å². The van der Waals surface area contributed by atoms with Crippen LogP contribution in [-0.2, 0) is 38.9 Å². The Morgan fingerprint density at radius 3 is 2.31 bits per heavy atom. The Bertz CT molecular complexity index is 1380. The molecular formula is C27H26N2O5S. The average molecular weight is 491 g/mol. The third-order valence-corrected chi connectivity index (χ3v) is 8.49. The van der Waals surface area contributed by atoms with E-state index in [0.29, 0.717) is 19.5 Å². The summed E-state index contributed by atoms with van der Waals surface area (Å²) in [6, 6.07) is 21.2. The van der Waals surface area contributed by atoms with Gasteiger partial charge in [-0.3, -0.25) is 4.79 Å². The molecule has 3 aromatic rings. The van der Waals surface area contributed by atoms with Gasteiger partial charge in [0.15, 0.2) is 6.61 Å². The molecule has 0 saturated carbocycles. The highest BCUT2D eigenvalue weighted by Crippen LogP contribution is 2.32. The summed E-state index contributed by atoms with van der Waals surface area (Å²) in [6.45, 7) is 2.30. The quantitative estimate of drug-likeness (QED) is 0.511. The maximum Gasteiger partial charge on any atom is 0.338 e. The minimum Gasteiger partial charge on any atom is -0.452 e. The fraction of sp³-hybridized carbons (Fsp3) is 0.259. The molecule has 3 aromatic carbocycles. The first-order chi connectivity index (χ1) is 16.8. The average Bonchev–Trinajstić information content (AvgIpc) is 3.22. The molecule has 2 aliphatic rings. The number of anilines is 1. The molecule has 35 heavy (non-hydrogen) atoms. The molecule has 0 N–H and O–H groups in total. The number of rotatable bonds is 5. The Morgan fingerprint density at radius 1 is 0.914 bits per heavy atom. The van der Waals surface area contributed by atoms with Gasteiger partial charge in [-0.25, -0.2) is 13.2 Å². The number of para-hydroxylation sites is 1. The number of fused-ring (bicyclic) bond motifs is 2. The number of nitrogens with zero attached hydrogens (tertiary/aromatic N) is 2. The summed E-state index contributed by atoms with van der Waals surface area (Å²) in [7, 11) is -3.70. The molecule has 2 aliphatic heterocycles. The van der Waals surface area contributed by atoms with Gasteiger partial charge in [0.05, 0.1) is 10.5 Å². The summed E-state index contributed by atoms with van der Waals surface area (Å²) >= 11 is 0. The summed E-state index contributed by atoms with van der Waals surface area (Å²) in [5.74, 6) is -0.963. The summed E-state index contributed by atoms with van der Waals surface area (Å²) in [6.07, 6.45) is 1.42. The van der Waals surface area contributed by atoms with Crippen molar-refractivity contribution in [2.24, 2.45) is 0 Å². The van der Waals surface area contributed by atoms with E-state index in [1.807, 2.05) is 55.5 Å². The van der Waals surface area contributed by atoms with Gasteiger partial charge in [-0.05, 0) is 66.8 Å². The van der Waals surface area contributed by atoms with E-state index in [4.69, 9.17) is 4.74 Å². The predicted octanol–water partition coefficient (Wildman–Crippen LogP) is 3.57. The van der Waals surface area contributed by atoms with Gasteiger partial charge < -0.3 is 9.64 Å². The number of amides is 1. The van der Waals surface area contributed by atoms with Crippen molar-refractivity contribution in [3.63, 3.8) is 0 Å². The Labute approximate surface area is 205 Å². The maximum absolute atomic E-state index is 13.1. The lowest BCUT2D eigenvalue weighted by Crippen LogP contribution is -2.38. The van der Waals surface area contributed by atoms with Crippen LogP contribution in [0.4, 0.5) is 5.69 Å². The topological polar surface area (TPSA) is 84.0 Å². The number of esters is 1. The predicted molar refractivity (Wildman–Crippen MR) is 132 cm³/mol. The minimum absolute atomic E-state index is 0.00940. The van der Waals surface area contributed by atoms with E-state index in [1.54, 1.807) is 4.90 Å². The highest BCUT2D eigenvalue weighted by Gasteiger charge is 2.31. The normalized spacial score (nSPS) is 17.5. The number of ether oxygens (including phenoxy) is 1. The monoisotopic (exact) mass is 490 g/mol. The molecule has 2 heterocycles. The SMILES string of the molecule is C[C@@H]1Cc2ccccc2N1C(=O)COC(=O)c1ccc(S(=O)(=O)N2CCc3ccccc3C2)cc1. The van der Waals surface area contributed by atoms with Gasteiger partial charge in [0.25, 0.3) is 5.91 Å². The van der Waals surface area contributed by atoms with Gasteiger partial charge in [-0.2, -0.15) is 4.31 Å². The van der Waals surface area contributed by atoms with Crippen molar-refractivity contribution in [1.29, 1.82) is 0 Å². The number of benzene rings is 3. The van der Waals surface area contributed by atoms with Crippen LogP contribution < -0.4 is 4.90 Å². The fourth-order valence-electron chi connectivity index (χ4n) is 4.81. The smallest absolute Gasteiger partial charge is 0.338 e. The van der Waals surface area contributed by atoms with Crippen molar-refractivity contribution in [3.8, 4) is 0 Å². The molecule has 0 saturated heterocycles. The minimum atomic E-state index is -3.70. The molecule has 0 aliphatic carbocycles. The standard InChI is InChI=1S/C27H26N2O5S/c1-19-16-22-7-4-5-9-25(22)29(19)26(30)18-34-27(31)21-10-12-24(13-11-21)35(32,33)28-15-14-20-6-2-3-8-23(20)17-28/h2-13,19H,14-18H2,1H3/t19-/m1/s1. The van der Waals surface area contributed by atoms with E-state index >= 15 is 0 Å². The number of carbonyl (C=O) groups is 2. The fourth-order valence-corrected chi connectivity index (χ4v) is 6.23. The van der Waals surface area contributed by atoms with Gasteiger partial charge in [0.1, 0.15) is 0 Å². The van der Waals surface area contributed by atoms with Crippen molar-refractivity contribution in [2.75, 3.05) is 18.1 Å². The summed E-state index contributed by atoms with van der Waals surface area (Å²) in [5.41, 5.74) is 4.29. The highest BCUT2D eigenvalue weighted by molar-refractivity contribution is 7.89. The summed E-state index contributed by atoms with van der Waals surface area (Å²) in [5, 5.41) is 0. The van der Waals surface area contributed by atoms with Crippen LogP contribution in [0.15, 0.2) is 77.7 Å². The largest absolute Gasteiger partial charge is 0.452 e. The first kappa shape index (κ1) is 23.3. The van der Waals surface area contributed by atoms with E-state index in [-0.39, 0.29) is 29.0 Å². The summed E-state index contributed by atoms with van der Waals surface area (Å²) in [4.78, 5) is 27.1. The molecule has 1 amide bonds. The van der Waals surface area contributed by atoms with Crippen molar-refractivity contribution < 1.29 is 22.7 Å². The van der Waals surface area contributed by atoms with Gasteiger partial charge in [-0.15, -0.1) is 0 Å². The second-order valence-electron chi connectivity index (χ2n) is 8.90. The van der Waals surface area contributed by atoms with Crippen molar-refractivity contribution in [1.82, 2.24) is 4.31 Å². The Morgan fingerprint density at radius 2 is 1.57 bits per heavy atom. The Kier molecular flexibility index (Phi) is 6.17. The van der Waals surface area contributed by atoms with Crippen molar-refractivity contribution >= 4 is 27.6 Å². The van der Waals surface area contributed by atoms with Crippen LogP contribution in [0, 0.1) is 0 Å². The molecule has 8 heteroatoms. The van der Waals surface area contributed by atoms with E-state index in [9.17, 15) is 18.0 Å². The number of carbonyl (C=O) groups excluding carboxylic acids is 2. The third kappa shape index (κ3) is 4.47. The first-order valence-electron chi connectivity index (χ1n) is 11.6. The van der Waals surface area contributed by atoms with E-state index in [1.165, 1.54) is 34.1 Å². The molecule has 1 atom stereocenters. The number of hydrogen-bond acceptors (Lipinski definition) is 5. The highest BCUT2D eigenvalue weighted by atomic mass is 32.2. The molecule has 0 aromatic heterocycles. The molecule has 180 valence electrons. The van der Waals surface area contributed by atoms with Crippen molar-refractivity contribution in [3.05, 3.63) is 95.1 Å². The van der Waals surface area contributed by atoms with Gasteiger partial charge >= 0.3 is 5.97 Å². The molecule has 0 unspecified atom stereocenters. The van der Waals surface area contributed by atoms with Crippen LogP contribution in [0.25, 0.3) is 0 Å². The van der Waals surface area contributed by atoms with Crippen LogP contribution in [-0.4, -0.2) is 43.8 Å². The van der Waals surface area contributed by atoms with Crippen LogP contribution in [0.2, 0.25) is 0 Å². The second-order valence-corrected chi connectivity index (χ2v) is 10.8. The van der Waals surface area contributed by atoms with Gasteiger partial charge in [0, 0.05) is 24.8 Å². The maximum atomic E-state index is 13.1. The van der Waals surface area contributed by atoms with Crippen LogP contribution in [0.1, 0.15) is 34.0 Å². The van der Waals surface area contributed by atoms with Crippen molar-refractivity contribution in [2.45, 2.75) is 37.2 Å². The molecule has 0 radical (unpaired) electrons. The van der Waals surface area contributed by atoms with Crippen LogP contribution in [0.3, 0.4) is 0 Å². The zero-order chi connectivity index (χ0) is 24.6. The summed E-state index contributed by atoms with van der Waals surface area (Å²) < 4.78 is 33.0. The second kappa shape index (κ2) is 9.28. The zero-order valence-electron chi connectivity index (χ0n) is 19.4. The third-order valence-electron chi connectivity index (χ3n) is 6.63. The molecule has 5 rings (SSSR count). The zero-order valence-corrected chi connectivity index (χ0v) is 20.2. The molecule has 7 nitrogen and oxygen atoms in total. The van der Waals surface area contributed by atoms with E-state index in [2.05, 4.69) is 0 Å². The Balaban J connectivity index is 1.23. The molecule has 0 fully saturated rings. The van der Waals surface area contributed by atoms with E-state index in [0.717, 1.165) is 23.2 Å². The first-order valence-corrected chi connectivity index (χ1v) is 13.0. The van der Waals surface area contributed by atoms with Gasteiger partial charge in [-0.1, -0.05) is 42.5 Å². The number of sulfonamides is 1. The van der Waals surface area contributed by atoms with Gasteiger partial charge in [0.2, 0.25) is 10.0 Å². The lowest BCUT2D eigenvalue weighted by Gasteiger charge is -2.28. The lowest BCUT2D eigenvalue weighted by atomic mass is 10.0. The lowest BCUT2D eigenvalue weighted by molar-refractivity contribution is -0.122. The molecular weight excluding hydrogens is 464 g/mol. The molecule has 0 spiro atoms. The molecule has 0 bridgehead atoms.